The third-order valence-electron chi connectivity index (χ3n) is 4.19. The lowest BCUT2D eigenvalue weighted by atomic mass is 10.1. The number of anilines is 1. The Balaban J connectivity index is 1.72. The fraction of sp³-hybridized carbons (Fsp3) is 0.533. The summed E-state index contributed by atoms with van der Waals surface area (Å²) in [5.74, 6) is 0.879. The van der Waals surface area contributed by atoms with E-state index in [1.54, 1.807) is 0 Å². The Morgan fingerprint density at radius 3 is 3.00 bits per heavy atom. The van der Waals surface area contributed by atoms with Crippen molar-refractivity contribution >= 4 is 26.4 Å². The number of benzene rings is 1. The van der Waals surface area contributed by atoms with Gasteiger partial charge < -0.3 is 5.32 Å². The minimum Gasteiger partial charge on any atom is -0.385 e. The van der Waals surface area contributed by atoms with E-state index in [0.717, 1.165) is 35.1 Å². The van der Waals surface area contributed by atoms with Crippen LogP contribution in [0.2, 0.25) is 0 Å². The highest BCUT2D eigenvalue weighted by atomic mass is 32.2. The third-order valence-corrected chi connectivity index (χ3v) is 6.08. The predicted octanol–water partition coefficient (Wildman–Crippen LogP) is 2.12. The Hall–Kier alpha value is -1.56. The molecule has 1 saturated heterocycles. The van der Waals surface area contributed by atoms with E-state index in [0.29, 0.717) is 18.1 Å². The van der Waals surface area contributed by atoms with Gasteiger partial charge in [0.2, 0.25) is 0 Å². The molecule has 1 N–H and O–H groups in total. The Morgan fingerprint density at radius 2 is 2.24 bits per heavy atom. The first-order valence-corrected chi connectivity index (χ1v) is 9.14. The number of sulfone groups is 1. The summed E-state index contributed by atoms with van der Waals surface area (Å²) in [7, 11) is -0.891. The van der Waals surface area contributed by atoms with Crippen molar-refractivity contribution in [3.63, 3.8) is 0 Å². The standard InChI is InChI=1S/C15H21N3O2S/c1-11-14-6-5-13(8-15(14)18(2)17-11)16-9-12-4-3-7-21(19,20)10-12/h5-6,8,12,16H,3-4,7,9-10H2,1-2H3. The Labute approximate surface area is 125 Å². The zero-order valence-electron chi connectivity index (χ0n) is 12.5. The maximum absolute atomic E-state index is 11.7. The van der Waals surface area contributed by atoms with Gasteiger partial charge in [0.05, 0.1) is 22.7 Å². The summed E-state index contributed by atoms with van der Waals surface area (Å²) < 4.78 is 25.2. The van der Waals surface area contributed by atoms with Crippen LogP contribution in [0, 0.1) is 12.8 Å². The van der Waals surface area contributed by atoms with Crippen LogP contribution in [0.1, 0.15) is 18.5 Å². The summed E-state index contributed by atoms with van der Waals surface area (Å²) in [6.07, 6.45) is 1.77. The third kappa shape index (κ3) is 3.05. The van der Waals surface area contributed by atoms with Crippen molar-refractivity contribution in [3.8, 4) is 0 Å². The number of nitrogens with zero attached hydrogens (tertiary/aromatic N) is 2. The second-order valence-corrected chi connectivity index (χ2v) is 8.17. The van der Waals surface area contributed by atoms with Crippen LogP contribution in [0.15, 0.2) is 18.2 Å². The van der Waals surface area contributed by atoms with Gasteiger partial charge in [-0.2, -0.15) is 5.10 Å². The molecular formula is C15H21N3O2S. The fourth-order valence-corrected chi connectivity index (χ4v) is 4.86. The maximum atomic E-state index is 11.7. The molecule has 0 saturated carbocycles. The van der Waals surface area contributed by atoms with Crippen LogP contribution in [0.4, 0.5) is 5.69 Å². The van der Waals surface area contributed by atoms with Gasteiger partial charge in [0.1, 0.15) is 0 Å². The average Bonchev–Trinajstić information content (AvgIpc) is 2.70. The predicted molar refractivity (Wildman–Crippen MR) is 85.3 cm³/mol. The van der Waals surface area contributed by atoms with E-state index in [-0.39, 0.29) is 5.92 Å². The molecule has 0 radical (unpaired) electrons. The minimum absolute atomic E-state index is 0.215. The molecule has 21 heavy (non-hydrogen) atoms. The number of hydrogen-bond donors (Lipinski definition) is 1. The molecular weight excluding hydrogens is 286 g/mol. The summed E-state index contributed by atoms with van der Waals surface area (Å²) in [4.78, 5) is 0. The zero-order chi connectivity index (χ0) is 15.0. The highest BCUT2D eigenvalue weighted by molar-refractivity contribution is 7.91. The summed E-state index contributed by atoms with van der Waals surface area (Å²) >= 11 is 0. The molecule has 114 valence electrons. The molecule has 1 aromatic heterocycles. The van der Waals surface area contributed by atoms with Gasteiger partial charge in [-0.15, -0.1) is 0 Å². The largest absolute Gasteiger partial charge is 0.385 e. The first-order chi connectivity index (χ1) is 9.94. The number of hydrogen-bond acceptors (Lipinski definition) is 4. The van der Waals surface area contributed by atoms with Crippen LogP contribution in [0.25, 0.3) is 10.9 Å². The van der Waals surface area contributed by atoms with E-state index < -0.39 is 9.84 Å². The number of nitrogens with one attached hydrogen (secondary N) is 1. The average molecular weight is 307 g/mol. The molecule has 1 unspecified atom stereocenters. The van der Waals surface area contributed by atoms with Gasteiger partial charge in [0, 0.05) is 24.7 Å². The van der Waals surface area contributed by atoms with Gasteiger partial charge in [0.15, 0.2) is 9.84 Å². The van der Waals surface area contributed by atoms with Gasteiger partial charge >= 0.3 is 0 Å². The highest BCUT2D eigenvalue weighted by Gasteiger charge is 2.24. The highest BCUT2D eigenvalue weighted by Crippen LogP contribution is 2.23. The van der Waals surface area contributed by atoms with E-state index >= 15 is 0 Å². The topological polar surface area (TPSA) is 64.0 Å². The van der Waals surface area contributed by atoms with E-state index in [4.69, 9.17) is 0 Å². The monoisotopic (exact) mass is 307 g/mol. The van der Waals surface area contributed by atoms with Crippen LogP contribution >= 0.6 is 0 Å². The van der Waals surface area contributed by atoms with Gasteiger partial charge in [-0.1, -0.05) is 0 Å². The SMILES string of the molecule is Cc1nn(C)c2cc(NCC3CCCS(=O)(=O)C3)ccc12. The Bertz CT molecular complexity index is 765. The number of aromatic nitrogens is 2. The first-order valence-electron chi connectivity index (χ1n) is 7.32. The van der Waals surface area contributed by atoms with Crippen molar-refractivity contribution < 1.29 is 8.42 Å². The van der Waals surface area contributed by atoms with Crippen LogP contribution in [-0.2, 0) is 16.9 Å². The lowest BCUT2D eigenvalue weighted by Crippen LogP contribution is -2.29. The molecule has 0 spiro atoms. The van der Waals surface area contributed by atoms with Crippen LogP contribution < -0.4 is 5.32 Å². The normalized spacial score (nSPS) is 21.5. The smallest absolute Gasteiger partial charge is 0.150 e. The van der Waals surface area contributed by atoms with Crippen molar-refractivity contribution in [1.29, 1.82) is 0 Å². The zero-order valence-corrected chi connectivity index (χ0v) is 13.3. The molecule has 1 atom stereocenters. The van der Waals surface area contributed by atoms with Crippen LogP contribution in [-0.4, -0.2) is 36.2 Å². The Morgan fingerprint density at radius 1 is 1.43 bits per heavy atom. The minimum atomic E-state index is -2.83. The van der Waals surface area contributed by atoms with Crippen molar-refractivity contribution in [3.05, 3.63) is 23.9 Å². The number of aryl methyl sites for hydroxylation is 2. The number of fused-ring (bicyclic) bond motifs is 1. The van der Waals surface area contributed by atoms with E-state index in [9.17, 15) is 8.42 Å². The summed E-state index contributed by atoms with van der Waals surface area (Å²) in [5.41, 5.74) is 3.14. The molecule has 1 fully saturated rings. The molecule has 1 aromatic carbocycles. The second kappa shape index (κ2) is 5.33. The first kappa shape index (κ1) is 14.4. The molecule has 2 heterocycles. The molecule has 5 nitrogen and oxygen atoms in total. The molecule has 1 aliphatic rings. The van der Waals surface area contributed by atoms with E-state index in [1.165, 1.54) is 0 Å². The quantitative estimate of drug-likeness (QED) is 0.943. The lowest BCUT2D eigenvalue weighted by molar-refractivity contribution is 0.502. The van der Waals surface area contributed by atoms with Crippen molar-refractivity contribution in [2.75, 3.05) is 23.4 Å². The lowest BCUT2D eigenvalue weighted by Gasteiger charge is -2.22. The van der Waals surface area contributed by atoms with Crippen LogP contribution in [0.5, 0.6) is 0 Å². The molecule has 6 heteroatoms. The summed E-state index contributed by atoms with van der Waals surface area (Å²) in [5, 5.41) is 8.94. The van der Waals surface area contributed by atoms with Gasteiger partial charge in [0.25, 0.3) is 0 Å². The van der Waals surface area contributed by atoms with Crippen molar-refractivity contribution in [2.24, 2.45) is 13.0 Å². The fourth-order valence-electron chi connectivity index (χ4n) is 3.09. The van der Waals surface area contributed by atoms with Crippen LogP contribution in [0.3, 0.4) is 0 Å². The molecule has 0 amide bonds. The Kier molecular flexibility index (Phi) is 3.65. The van der Waals surface area contributed by atoms with Gasteiger partial charge in [-0.3, -0.25) is 4.68 Å². The second-order valence-electron chi connectivity index (χ2n) is 5.94. The van der Waals surface area contributed by atoms with Crippen molar-refractivity contribution in [2.45, 2.75) is 19.8 Å². The molecule has 0 aliphatic carbocycles. The van der Waals surface area contributed by atoms with E-state index in [1.807, 2.05) is 24.7 Å². The van der Waals surface area contributed by atoms with E-state index in [2.05, 4.69) is 22.5 Å². The van der Waals surface area contributed by atoms with Crippen molar-refractivity contribution in [1.82, 2.24) is 9.78 Å². The maximum Gasteiger partial charge on any atom is 0.150 e. The summed E-state index contributed by atoms with van der Waals surface area (Å²) in [6.45, 7) is 2.71. The van der Waals surface area contributed by atoms with Gasteiger partial charge in [-0.25, -0.2) is 8.42 Å². The summed E-state index contributed by atoms with van der Waals surface area (Å²) in [6, 6.07) is 6.18. The number of rotatable bonds is 3. The van der Waals surface area contributed by atoms with Gasteiger partial charge in [-0.05, 0) is 43.9 Å². The molecule has 3 rings (SSSR count). The molecule has 2 aromatic rings. The molecule has 0 bridgehead atoms. The molecule has 1 aliphatic heterocycles.